The van der Waals surface area contributed by atoms with Crippen LogP contribution in [0.3, 0.4) is 0 Å². The molecule has 0 aliphatic carbocycles. The molecule has 114 valence electrons. The Bertz CT molecular complexity index is 593. The fourth-order valence-electron chi connectivity index (χ4n) is 1.99. The number of rotatable bonds is 7. The lowest BCUT2D eigenvalue weighted by atomic mass is 10.0. The molecule has 0 saturated carbocycles. The van der Waals surface area contributed by atoms with Crippen molar-refractivity contribution in [3.63, 3.8) is 0 Å². The van der Waals surface area contributed by atoms with E-state index in [4.69, 9.17) is 0 Å². The number of carboxylic acids is 1. The number of nitrogens with zero attached hydrogens (tertiary/aromatic N) is 2. The Balaban J connectivity index is 2.13. The van der Waals surface area contributed by atoms with Crippen LogP contribution in [0.1, 0.15) is 46.4 Å². The molecule has 21 heavy (non-hydrogen) atoms. The molecule has 2 aromatic rings. The summed E-state index contributed by atoms with van der Waals surface area (Å²) in [5.41, 5.74) is 0.716. The lowest BCUT2D eigenvalue weighted by Gasteiger charge is -2.14. The summed E-state index contributed by atoms with van der Waals surface area (Å²) in [6.45, 7) is 4.92. The highest BCUT2D eigenvalue weighted by Crippen LogP contribution is 2.31. The number of thiazole rings is 1. The van der Waals surface area contributed by atoms with E-state index in [-0.39, 0.29) is 5.92 Å². The molecule has 1 unspecified atom stereocenters. The first-order chi connectivity index (χ1) is 10.0. The highest BCUT2D eigenvalue weighted by Gasteiger charge is 2.22. The molecule has 2 rings (SSSR count). The van der Waals surface area contributed by atoms with Gasteiger partial charge in [-0.2, -0.15) is 0 Å². The Morgan fingerprint density at radius 1 is 1.52 bits per heavy atom. The van der Waals surface area contributed by atoms with Crippen molar-refractivity contribution >= 4 is 33.8 Å². The summed E-state index contributed by atoms with van der Waals surface area (Å²) >= 11 is 3.02. The van der Waals surface area contributed by atoms with E-state index in [1.807, 2.05) is 24.9 Å². The smallest absolute Gasteiger partial charge is 0.347 e. The van der Waals surface area contributed by atoms with Crippen LogP contribution in [-0.2, 0) is 6.42 Å². The molecule has 4 nitrogen and oxygen atoms in total. The molecule has 0 amide bonds. The van der Waals surface area contributed by atoms with Gasteiger partial charge in [0, 0.05) is 18.5 Å². The van der Waals surface area contributed by atoms with E-state index in [9.17, 15) is 9.90 Å². The predicted octanol–water partition coefficient (Wildman–Crippen LogP) is 4.10. The first kappa shape index (κ1) is 16.0. The molecule has 0 aliphatic heterocycles. The van der Waals surface area contributed by atoms with Gasteiger partial charge < -0.3 is 10.0 Å². The number of carboxylic acid groups (broad SMARTS) is 1. The summed E-state index contributed by atoms with van der Waals surface area (Å²) in [6, 6.07) is 4.17. The van der Waals surface area contributed by atoms with Crippen molar-refractivity contribution in [1.82, 2.24) is 4.98 Å². The van der Waals surface area contributed by atoms with E-state index in [1.165, 1.54) is 16.2 Å². The molecule has 1 N–H and O–H groups in total. The number of aromatic carboxylic acids is 1. The van der Waals surface area contributed by atoms with Crippen molar-refractivity contribution in [2.75, 3.05) is 18.5 Å². The van der Waals surface area contributed by atoms with E-state index in [0.717, 1.165) is 24.5 Å². The number of carbonyl (C=O) groups is 1. The molecule has 0 radical (unpaired) electrons. The number of hydrogen-bond acceptors (Lipinski definition) is 5. The third-order valence-corrected chi connectivity index (χ3v) is 5.63. The molecule has 0 saturated heterocycles. The van der Waals surface area contributed by atoms with Gasteiger partial charge in [-0.1, -0.05) is 31.3 Å². The van der Waals surface area contributed by atoms with Crippen molar-refractivity contribution in [3.05, 3.63) is 33.0 Å². The summed E-state index contributed by atoms with van der Waals surface area (Å²) in [5.74, 6) is -0.701. The molecule has 0 aromatic carbocycles. The quantitative estimate of drug-likeness (QED) is 0.833. The lowest BCUT2D eigenvalue weighted by molar-refractivity contribution is 0.0700. The fraction of sp³-hybridized carbons (Fsp3) is 0.467. The number of likely N-dealkylation sites (N-methyl/N-ethyl adjacent to an activating group) is 1. The van der Waals surface area contributed by atoms with Crippen molar-refractivity contribution in [1.29, 1.82) is 0 Å². The molecule has 0 bridgehead atoms. The van der Waals surface area contributed by atoms with Gasteiger partial charge in [-0.15, -0.1) is 11.3 Å². The Labute approximate surface area is 133 Å². The number of hydrogen-bond donors (Lipinski definition) is 1. The molecular formula is C15H20N2O2S2. The van der Waals surface area contributed by atoms with E-state index in [2.05, 4.69) is 23.4 Å². The van der Waals surface area contributed by atoms with Gasteiger partial charge in [0.25, 0.3) is 0 Å². The zero-order valence-electron chi connectivity index (χ0n) is 12.5. The van der Waals surface area contributed by atoms with Crippen LogP contribution in [0.25, 0.3) is 0 Å². The second kappa shape index (κ2) is 7.04. The lowest BCUT2D eigenvalue weighted by Crippen LogP contribution is -2.19. The van der Waals surface area contributed by atoms with Crippen LogP contribution in [0, 0.1) is 0 Å². The van der Waals surface area contributed by atoms with Gasteiger partial charge in [-0.25, -0.2) is 9.78 Å². The highest BCUT2D eigenvalue weighted by atomic mass is 32.1. The molecule has 2 heterocycles. The first-order valence-corrected chi connectivity index (χ1v) is 8.70. The topological polar surface area (TPSA) is 53.4 Å². The monoisotopic (exact) mass is 324 g/mol. The molecule has 0 aliphatic rings. The Kier molecular flexibility index (Phi) is 5.36. The second-order valence-electron chi connectivity index (χ2n) is 5.08. The first-order valence-electron chi connectivity index (χ1n) is 7.00. The minimum atomic E-state index is -0.874. The fourth-order valence-corrected chi connectivity index (χ4v) is 3.70. The van der Waals surface area contributed by atoms with Gasteiger partial charge >= 0.3 is 5.97 Å². The van der Waals surface area contributed by atoms with Crippen molar-refractivity contribution in [3.8, 4) is 0 Å². The van der Waals surface area contributed by atoms with Crippen LogP contribution in [0.5, 0.6) is 0 Å². The maximum absolute atomic E-state index is 11.4. The molecule has 2 aromatic heterocycles. The average molecular weight is 324 g/mol. The van der Waals surface area contributed by atoms with Crippen molar-refractivity contribution in [2.45, 2.75) is 32.6 Å². The zero-order valence-corrected chi connectivity index (χ0v) is 14.1. The van der Waals surface area contributed by atoms with Crippen LogP contribution in [0.4, 0.5) is 5.13 Å². The SMILES string of the molecule is CCC(C)c1nc(N(C)CCc2cccs2)sc1C(=O)O. The van der Waals surface area contributed by atoms with Crippen LogP contribution < -0.4 is 4.90 Å². The maximum atomic E-state index is 11.4. The van der Waals surface area contributed by atoms with E-state index >= 15 is 0 Å². The maximum Gasteiger partial charge on any atom is 0.347 e. The van der Waals surface area contributed by atoms with Crippen molar-refractivity contribution in [2.24, 2.45) is 0 Å². The van der Waals surface area contributed by atoms with Crippen LogP contribution in [-0.4, -0.2) is 29.7 Å². The van der Waals surface area contributed by atoms with Crippen LogP contribution in [0.15, 0.2) is 17.5 Å². The molecule has 0 spiro atoms. The molecule has 6 heteroatoms. The van der Waals surface area contributed by atoms with Crippen LogP contribution in [0.2, 0.25) is 0 Å². The second-order valence-corrected chi connectivity index (χ2v) is 7.09. The van der Waals surface area contributed by atoms with Gasteiger partial charge in [-0.05, 0) is 30.2 Å². The predicted molar refractivity (Wildman–Crippen MR) is 89.1 cm³/mol. The van der Waals surface area contributed by atoms with Gasteiger partial charge in [-0.3, -0.25) is 0 Å². The summed E-state index contributed by atoms with van der Waals surface area (Å²) in [6.07, 6.45) is 1.84. The van der Waals surface area contributed by atoms with E-state index in [0.29, 0.717) is 10.6 Å². The minimum absolute atomic E-state index is 0.173. The normalized spacial score (nSPS) is 12.3. The zero-order chi connectivity index (χ0) is 15.4. The van der Waals surface area contributed by atoms with Crippen LogP contribution >= 0.6 is 22.7 Å². The Morgan fingerprint density at radius 3 is 2.86 bits per heavy atom. The standard InChI is InChI=1S/C15H20N2O2S2/c1-4-10(2)12-13(14(18)19)21-15(16-12)17(3)8-7-11-6-5-9-20-11/h5-6,9-10H,4,7-8H2,1-3H3,(H,18,19). The largest absolute Gasteiger partial charge is 0.477 e. The van der Waals surface area contributed by atoms with Gasteiger partial charge in [0.2, 0.25) is 0 Å². The average Bonchev–Trinajstić information content (AvgIpc) is 3.12. The Morgan fingerprint density at radius 2 is 2.29 bits per heavy atom. The number of anilines is 1. The number of thiophene rings is 1. The summed E-state index contributed by atoms with van der Waals surface area (Å²) in [5, 5.41) is 12.2. The third-order valence-electron chi connectivity index (χ3n) is 3.52. The highest BCUT2D eigenvalue weighted by molar-refractivity contribution is 7.17. The van der Waals surface area contributed by atoms with Crippen molar-refractivity contribution < 1.29 is 9.90 Å². The van der Waals surface area contributed by atoms with E-state index < -0.39 is 5.97 Å². The molecule has 1 atom stereocenters. The third kappa shape index (κ3) is 3.83. The molecular weight excluding hydrogens is 304 g/mol. The van der Waals surface area contributed by atoms with E-state index in [1.54, 1.807) is 11.3 Å². The summed E-state index contributed by atoms with van der Waals surface area (Å²) < 4.78 is 0. The summed E-state index contributed by atoms with van der Waals surface area (Å²) in [4.78, 5) is 19.7. The Hall–Kier alpha value is -1.40. The summed E-state index contributed by atoms with van der Waals surface area (Å²) in [7, 11) is 1.97. The van der Waals surface area contributed by atoms with Gasteiger partial charge in [0.05, 0.1) is 5.69 Å². The van der Waals surface area contributed by atoms with Gasteiger partial charge in [0.1, 0.15) is 4.88 Å². The minimum Gasteiger partial charge on any atom is -0.477 e. The number of aromatic nitrogens is 1. The molecule has 0 fully saturated rings. The van der Waals surface area contributed by atoms with Gasteiger partial charge in [0.15, 0.2) is 5.13 Å².